The second-order valence-electron chi connectivity index (χ2n) is 10.0. The van der Waals surface area contributed by atoms with Gasteiger partial charge in [0.15, 0.2) is 0 Å². The summed E-state index contributed by atoms with van der Waals surface area (Å²) in [6.07, 6.45) is 6.27. The first kappa shape index (κ1) is 18.4. The maximum absolute atomic E-state index is 12.8. The average Bonchev–Trinajstić information content (AvgIpc) is 3.68. The molecule has 4 nitrogen and oxygen atoms in total. The largest absolute Gasteiger partial charge is 0.366 e. The Labute approximate surface area is 179 Å². The maximum Gasteiger partial charge on any atom is 0.251 e. The normalized spacial score (nSPS) is 25.7. The zero-order valence-electron chi connectivity index (χ0n) is 17.6. The Hall–Kier alpha value is -2.33. The van der Waals surface area contributed by atoms with Crippen LogP contribution >= 0.6 is 0 Å². The second-order valence-corrected chi connectivity index (χ2v) is 10.0. The first-order valence-electron chi connectivity index (χ1n) is 11.7. The topological polar surface area (TPSA) is 35.6 Å². The minimum Gasteiger partial charge on any atom is -0.366 e. The van der Waals surface area contributed by atoms with E-state index in [1.165, 1.54) is 49.2 Å². The Morgan fingerprint density at radius 2 is 1.87 bits per heavy atom. The molecule has 0 radical (unpaired) electrons. The summed E-state index contributed by atoms with van der Waals surface area (Å²) in [5.41, 5.74) is 5.08. The van der Waals surface area contributed by atoms with Gasteiger partial charge in [0.1, 0.15) is 0 Å². The summed E-state index contributed by atoms with van der Waals surface area (Å²) >= 11 is 0. The van der Waals surface area contributed by atoms with Crippen molar-refractivity contribution < 1.29 is 4.79 Å². The van der Waals surface area contributed by atoms with E-state index in [9.17, 15) is 4.79 Å². The number of likely N-dealkylation sites (tertiary alicyclic amines) is 1. The van der Waals surface area contributed by atoms with Crippen LogP contribution in [0.4, 0.5) is 5.69 Å². The highest BCUT2D eigenvalue weighted by Crippen LogP contribution is 2.48. The van der Waals surface area contributed by atoms with Gasteiger partial charge in [-0.3, -0.25) is 4.79 Å². The molecule has 1 amide bonds. The van der Waals surface area contributed by atoms with Gasteiger partial charge in [-0.15, -0.1) is 0 Å². The van der Waals surface area contributed by atoms with E-state index in [-0.39, 0.29) is 11.3 Å². The average molecular weight is 402 g/mol. The lowest BCUT2D eigenvalue weighted by molar-refractivity contribution is 0.0951. The van der Waals surface area contributed by atoms with Crippen molar-refractivity contribution in [2.45, 2.75) is 50.1 Å². The fraction of sp³-hybridized carbons (Fsp3) is 0.500. The summed E-state index contributed by atoms with van der Waals surface area (Å²) in [5.74, 6) is 1.03. The minimum absolute atomic E-state index is 0.102. The van der Waals surface area contributed by atoms with E-state index in [2.05, 4.69) is 57.6 Å². The lowest BCUT2D eigenvalue weighted by Crippen LogP contribution is -2.37. The van der Waals surface area contributed by atoms with Crippen molar-refractivity contribution in [1.29, 1.82) is 0 Å². The van der Waals surface area contributed by atoms with E-state index in [0.29, 0.717) is 6.04 Å². The molecule has 2 aromatic carbocycles. The Morgan fingerprint density at radius 3 is 2.63 bits per heavy atom. The van der Waals surface area contributed by atoms with E-state index >= 15 is 0 Å². The summed E-state index contributed by atoms with van der Waals surface area (Å²) in [6, 6.07) is 17.6. The van der Waals surface area contributed by atoms with Crippen LogP contribution in [0.5, 0.6) is 0 Å². The number of anilines is 1. The molecule has 0 aromatic heterocycles. The number of amides is 1. The highest BCUT2D eigenvalue weighted by Gasteiger charge is 2.48. The summed E-state index contributed by atoms with van der Waals surface area (Å²) in [6.45, 7) is 5.58. The van der Waals surface area contributed by atoms with E-state index in [0.717, 1.165) is 44.0 Å². The quantitative estimate of drug-likeness (QED) is 0.796. The minimum atomic E-state index is 0.102. The van der Waals surface area contributed by atoms with Crippen molar-refractivity contribution in [2.75, 3.05) is 31.1 Å². The predicted octanol–water partition coefficient (Wildman–Crippen LogP) is 3.95. The van der Waals surface area contributed by atoms with Gasteiger partial charge in [0.2, 0.25) is 0 Å². The van der Waals surface area contributed by atoms with Crippen molar-refractivity contribution in [3.05, 3.63) is 65.2 Å². The molecule has 2 saturated carbocycles. The number of nitrogens with one attached hydrogen (secondary N) is 1. The third-order valence-electron chi connectivity index (χ3n) is 7.44. The van der Waals surface area contributed by atoms with Gasteiger partial charge in [-0.2, -0.15) is 0 Å². The second kappa shape index (κ2) is 7.12. The fourth-order valence-electron chi connectivity index (χ4n) is 5.48. The number of carbonyl (C=O) groups is 1. The van der Waals surface area contributed by atoms with E-state index < -0.39 is 0 Å². The van der Waals surface area contributed by atoms with Crippen LogP contribution in [0.25, 0.3) is 0 Å². The number of rotatable bonds is 6. The molecule has 4 heteroatoms. The molecule has 2 heterocycles. The summed E-state index contributed by atoms with van der Waals surface area (Å²) in [7, 11) is 0. The first-order valence-corrected chi connectivity index (χ1v) is 11.7. The molecule has 2 aromatic rings. The van der Waals surface area contributed by atoms with Gasteiger partial charge in [0.05, 0.1) is 0 Å². The number of benzene rings is 2. The van der Waals surface area contributed by atoms with Gasteiger partial charge in [0.25, 0.3) is 5.91 Å². The number of nitrogens with zero attached hydrogens (tertiary/aromatic N) is 2. The lowest BCUT2D eigenvalue weighted by atomic mass is 9.81. The zero-order chi connectivity index (χ0) is 20.1. The molecule has 30 heavy (non-hydrogen) atoms. The maximum atomic E-state index is 12.8. The van der Waals surface area contributed by atoms with Gasteiger partial charge >= 0.3 is 0 Å². The molecule has 1 spiro atoms. The van der Waals surface area contributed by atoms with Crippen molar-refractivity contribution in [1.82, 2.24) is 10.2 Å². The Kier molecular flexibility index (Phi) is 4.38. The smallest absolute Gasteiger partial charge is 0.251 e. The first-order chi connectivity index (χ1) is 14.7. The van der Waals surface area contributed by atoms with Gasteiger partial charge in [0, 0.05) is 48.9 Å². The zero-order valence-corrected chi connectivity index (χ0v) is 17.6. The van der Waals surface area contributed by atoms with Gasteiger partial charge in [-0.1, -0.05) is 30.3 Å². The van der Waals surface area contributed by atoms with E-state index in [4.69, 9.17) is 0 Å². The number of hydrogen-bond donors (Lipinski definition) is 1. The van der Waals surface area contributed by atoms with Crippen LogP contribution in [0, 0.1) is 5.92 Å². The van der Waals surface area contributed by atoms with Crippen molar-refractivity contribution in [3.63, 3.8) is 0 Å². The lowest BCUT2D eigenvalue weighted by Gasteiger charge is -2.27. The van der Waals surface area contributed by atoms with Gasteiger partial charge in [-0.05, 0) is 73.9 Å². The molecule has 1 atom stereocenters. The number of fused-ring (bicyclic) bond motifs is 2. The molecular weight excluding hydrogens is 370 g/mol. The third kappa shape index (κ3) is 3.51. The van der Waals surface area contributed by atoms with Gasteiger partial charge < -0.3 is 15.1 Å². The monoisotopic (exact) mass is 401 g/mol. The van der Waals surface area contributed by atoms with Crippen LogP contribution in [0.1, 0.15) is 53.6 Å². The highest BCUT2D eigenvalue weighted by molar-refractivity contribution is 5.95. The van der Waals surface area contributed by atoms with Crippen LogP contribution in [0.2, 0.25) is 0 Å². The van der Waals surface area contributed by atoms with E-state index in [1.54, 1.807) is 0 Å². The van der Waals surface area contributed by atoms with Crippen LogP contribution in [0.3, 0.4) is 0 Å². The van der Waals surface area contributed by atoms with Crippen LogP contribution in [-0.4, -0.2) is 43.0 Å². The molecule has 0 bridgehead atoms. The summed E-state index contributed by atoms with van der Waals surface area (Å²) in [4.78, 5) is 18.0. The Morgan fingerprint density at radius 1 is 1.03 bits per heavy atom. The molecule has 1 saturated heterocycles. The van der Waals surface area contributed by atoms with Crippen LogP contribution in [0.15, 0.2) is 48.5 Å². The number of hydrogen-bond acceptors (Lipinski definition) is 3. The summed E-state index contributed by atoms with van der Waals surface area (Å²) in [5, 5.41) is 3.17. The van der Waals surface area contributed by atoms with Crippen LogP contribution < -0.4 is 10.2 Å². The molecule has 1 N–H and O–H groups in total. The van der Waals surface area contributed by atoms with Crippen molar-refractivity contribution >= 4 is 11.6 Å². The van der Waals surface area contributed by atoms with E-state index in [1.807, 2.05) is 6.07 Å². The Bertz CT molecular complexity index is 950. The molecule has 6 rings (SSSR count). The summed E-state index contributed by atoms with van der Waals surface area (Å²) < 4.78 is 0. The fourth-order valence-corrected chi connectivity index (χ4v) is 5.48. The van der Waals surface area contributed by atoms with Crippen LogP contribution in [-0.2, 0) is 12.0 Å². The highest BCUT2D eigenvalue weighted by atomic mass is 16.1. The molecule has 2 aliphatic heterocycles. The van der Waals surface area contributed by atoms with Crippen molar-refractivity contribution in [2.24, 2.45) is 5.92 Å². The molecular formula is C26H31N3O. The molecule has 2 aliphatic carbocycles. The SMILES string of the molecule is O=C(NC1CC1)c1ccc2c(c1)C1(CCN(CC3CC3)C1)CN2Cc1ccccc1. The third-order valence-corrected chi connectivity index (χ3v) is 7.44. The van der Waals surface area contributed by atoms with Crippen molar-refractivity contribution in [3.8, 4) is 0 Å². The predicted molar refractivity (Wildman–Crippen MR) is 120 cm³/mol. The molecule has 4 aliphatic rings. The Balaban J connectivity index is 1.31. The molecule has 1 unspecified atom stereocenters. The standard InChI is InChI=1S/C26H31N3O/c30-25(27-22-9-10-22)21-8-11-24-23(14-21)26(12-13-28(17-26)15-20-6-7-20)18-29(24)16-19-4-2-1-3-5-19/h1-5,8,11,14,20,22H,6-7,9-10,12-13,15-18H2,(H,27,30). The van der Waals surface area contributed by atoms with Gasteiger partial charge in [-0.25, -0.2) is 0 Å². The molecule has 3 fully saturated rings. The number of carbonyl (C=O) groups excluding carboxylic acids is 1. The molecule has 156 valence electrons.